The highest BCUT2D eigenvalue weighted by atomic mass is 32.1. The molecule has 8 heteroatoms. The summed E-state index contributed by atoms with van der Waals surface area (Å²) in [5, 5.41) is 7.15. The first-order valence-electron chi connectivity index (χ1n) is 9.22. The van der Waals surface area contributed by atoms with Crippen LogP contribution in [0.4, 0.5) is 20.2 Å². The summed E-state index contributed by atoms with van der Waals surface area (Å²) in [6.45, 7) is 3.21. The van der Waals surface area contributed by atoms with Gasteiger partial charge in [0.25, 0.3) is 0 Å². The van der Waals surface area contributed by atoms with Crippen molar-refractivity contribution in [2.45, 2.75) is 31.7 Å². The highest BCUT2D eigenvalue weighted by Gasteiger charge is 2.25. The number of benzene rings is 1. The number of anilines is 2. The summed E-state index contributed by atoms with van der Waals surface area (Å²) in [5.41, 5.74) is 2.38. The molecule has 28 heavy (non-hydrogen) atoms. The standard InChI is InChI=1S/C20H18F2N4S2/c1-10-11(3-2-6-23-10)16-7-12-18(13(21)8-24-20(12)28-16)26-14-4-5-15-19(17(14)22)25-9-27-15/h4-5,7-11,23H,2-3,6H2,1H3,(H,24,26)/t10-,11-/m0/s1. The summed E-state index contributed by atoms with van der Waals surface area (Å²) >= 11 is 2.96. The number of hydrogen-bond acceptors (Lipinski definition) is 6. The molecular weight excluding hydrogens is 398 g/mol. The van der Waals surface area contributed by atoms with Gasteiger partial charge in [0.05, 0.1) is 27.8 Å². The highest BCUT2D eigenvalue weighted by molar-refractivity contribution is 7.18. The normalized spacial score (nSPS) is 20.1. The smallest absolute Gasteiger partial charge is 0.173 e. The second-order valence-electron chi connectivity index (χ2n) is 7.09. The van der Waals surface area contributed by atoms with E-state index < -0.39 is 11.6 Å². The molecular formula is C20H18F2N4S2. The third-order valence-corrected chi connectivity index (χ3v) is 7.33. The summed E-state index contributed by atoms with van der Waals surface area (Å²) in [5.74, 6) is -0.583. The van der Waals surface area contributed by atoms with Crippen LogP contribution in [0.5, 0.6) is 0 Å². The molecule has 0 saturated carbocycles. The number of hydrogen-bond donors (Lipinski definition) is 2. The van der Waals surface area contributed by atoms with E-state index in [9.17, 15) is 8.78 Å². The van der Waals surface area contributed by atoms with E-state index in [0.29, 0.717) is 22.9 Å². The van der Waals surface area contributed by atoms with Crippen LogP contribution in [0.25, 0.3) is 20.4 Å². The number of nitrogens with one attached hydrogen (secondary N) is 2. The fraction of sp³-hybridized carbons (Fsp3) is 0.300. The molecule has 0 radical (unpaired) electrons. The molecule has 1 aliphatic rings. The second-order valence-corrected chi connectivity index (χ2v) is 9.04. The van der Waals surface area contributed by atoms with Gasteiger partial charge in [0.15, 0.2) is 11.6 Å². The average Bonchev–Trinajstić information content (AvgIpc) is 3.33. The van der Waals surface area contributed by atoms with Crippen molar-refractivity contribution in [2.75, 3.05) is 11.9 Å². The molecule has 4 nitrogen and oxygen atoms in total. The van der Waals surface area contributed by atoms with Gasteiger partial charge in [-0.1, -0.05) is 0 Å². The fourth-order valence-electron chi connectivity index (χ4n) is 3.86. The summed E-state index contributed by atoms with van der Waals surface area (Å²) in [6, 6.07) is 5.80. The number of fused-ring (bicyclic) bond motifs is 2. The molecule has 0 aliphatic carbocycles. The molecule has 2 N–H and O–H groups in total. The van der Waals surface area contributed by atoms with Crippen LogP contribution in [-0.4, -0.2) is 22.6 Å². The molecule has 0 amide bonds. The van der Waals surface area contributed by atoms with Crippen LogP contribution in [0.1, 0.15) is 30.6 Å². The van der Waals surface area contributed by atoms with Crippen LogP contribution in [0.3, 0.4) is 0 Å². The summed E-state index contributed by atoms with van der Waals surface area (Å²) < 4.78 is 30.2. The van der Waals surface area contributed by atoms with Crippen LogP contribution in [0.2, 0.25) is 0 Å². The quantitative estimate of drug-likeness (QED) is 0.444. The van der Waals surface area contributed by atoms with Crippen molar-refractivity contribution in [2.24, 2.45) is 0 Å². The zero-order valence-corrected chi connectivity index (χ0v) is 16.8. The molecule has 5 rings (SSSR count). The lowest BCUT2D eigenvalue weighted by atomic mass is 9.90. The topological polar surface area (TPSA) is 49.8 Å². The Morgan fingerprint density at radius 3 is 3.00 bits per heavy atom. The predicted molar refractivity (Wildman–Crippen MR) is 112 cm³/mol. The first-order chi connectivity index (χ1) is 13.6. The second kappa shape index (κ2) is 7.02. The van der Waals surface area contributed by atoms with Crippen molar-refractivity contribution in [1.29, 1.82) is 0 Å². The van der Waals surface area contributed by atoms with Crippen molar-refractivity contribution in [3.63, 3.8) is 0 Å². The number of rotatable bonds is 3. The monoisotopic (exact) mass is 416 g/mol. The van der Waals surface area contributed by atoms with Gasteiger partial charge in [-0.05, 0) is 44.5 Å². The lowest BCUT2D eigenvalue weighted by Gasteiger charge is -2.29. The van der Waals surface area contributed by atoms with Gasteiger partial charge in [-0.3, -0.25) is 0 Å². The van der Waals surface area contributed by atoms with Gasteiger partial charge < -0.3 is 10.6 Å². The number of nitrogens with zero attached hydrogens (tertiary/aromatic N) is 2. The molecule has 0 bridgehead atoms. The average molecular weight is 417 g/mol. The molecule has 0 unspecified atom stereocenters. The van der Waals surface area contributed by atoms with Gasteiger partial charge in [0.2, 0.25) is 0 Å². The maximum Gasteiger partial charge on any atom is 0.173 e. The Kier molecular flexibility index (Phi) is 4.49. The lowest BCUT2D eigenvalue weighted by Crippen LogP contribution is -2.37. The van der Waals surface area contributed by atoms with Crippen molar-refractivity contribution in [3.8, 4) is 0 Å². The van der Waals surface area contributed by atoms with Gasteiger partial charge in [0, 0.05) is 22.2 Å². The van der Waals surface area contributed by atoms with E-state index in [-0.39, 0.29) is 11.4 Å². The summed E-state index contributed by atoms with van der Waals surface area (Å²) in [4.78, 5) is 10.3. The Bertz CT molecular complexity index is 1170. The third-order valence-electron chi connectivity index (χ3n) is 5.36. The molecule has 2 atom stereocenters. The Balaban J connectivity index is 1.58. The molecule has 144 valence electrons. The van der Waals surface area contributed by atoms with E-state index in [1.165, 1.54) is 22.4 Å². The van der Waals surface area contributed by atoms with E-state index >= 15 is 0 Å². The molecule has 1 aromatic carbocycles. The van der Waals surface area contributed by atoms with Gasteiger partial charge in [-0.2, -0.15) is 0 Å². The fourth-order valence-corrected chi connectivity index (χ4v) is 5.78. The van der Waals surface area contributed by atoms with Crippen LogP contribution < -0.4 is 10.6 Å². The van der Waals surface area contributed by atoms with Crippen LogP contribution in [0, 0.1) is 11.6 Å². The van der Waals surface area contributed by atoms with Gasteiger partial charge in [-0.15, -0.1) is 22.7 Å². The summed E-state index contributed by atoms with van der Waals surface area (Å²) in [7, 11) is 0. The number of thiazole rings is 1. The molecule has 4 heterocycles. The minimum atomic E-state index is -0.496. The SMILES string of the molecule is C[C@@H]1NCCC[C@@H]1c1cc2c(Nc3ccc4scnc4c3F)c(F)cnc2s1. The van der Waals surface area contributed by atoms with E-state index in [4.69, 9.17) is 0 Å². The Hall–Kier alpha value is -2.16. The van der Waals surface area contributed by atoms with Crippen LogP contribution in [0.15, 0.2) is 29.9 Å². The molecule has 1 saturated heterocycles. The summed E-state index contributed by atoms with van der Waals surface area (Å²) in [6.07, 6.45) is 3.42. The first-order valence-corrected chi connectivity index (χ1v) is 10.9. The number of aromatic nitrogens is 2. The van der Waals surface area contributed by atoms with Gasteiger partial charge >= 0.3 is 0 Å². The minimum Gasteiger partial charge on any atom is -0.350 e. The van der Waals surface area contributed by atoms with E-state index in [1.807, 2.05) is 6.07 Å². The number of piperidine rings is 1. The Morgan fingerprint density at radius 1 is 1.25 bits per heavy atom. The van der Waals surface area contributed by atoms with Gasteiger partial charge in [-0.25, -0.2) is 18.7 Å². The minimum absolute atomic E-state index is 0.213. The van der Waals surface area contributed by atoms with Crippen LogP contribution in [-0.2, 0) is 0 Å². The maximum atomic E-state index is 14.8. The van der Waals surface area contributed by atoms with Crippen molar-refractivity contribution < 1.29 is 8.78 Å². The number of thiophene rings is 1. The van der Waals surface area contributed by atoms with Crippen molar-refractivity contribution in [3.05, 3.63) is 46.4 Å². The lowest BCUT2D eigenvalue weighted by molar-refractivity contribution is 0.375. The van der Waals surface area contributed by atoms with Crippen molar-refractivity contribution in [1.82, 2.24) is 15.3 Å². The molecule has 1 fully saturated rings. The van der Waals surface area contributed by atoms with Crippen LogP contribution >= 0.6 is 22.7 Å². The maximum absolute atomic E-state index is 14.8. The Labute approximate surface area is 168 Å². The Morgan fingerprint density at radius 2 is 2.14 bits per heavy atom. The molecule has 3 aromatic heterocycles. The zero-order valence-electron chi connectivity index (χ0n) is 15.1. The molecule has 1 aliphatic heterocycles. The number of pyridine rings is 1. The highest BCUT2D eigenvalue weighted by Crippen LogP contribution is 2.40. The molecule has 4 aromatic rings. The van der Waals surface area contributed by atoms with E-state index in [0.717, 1.165) is 28.9 Å². The van der Waals surface area contributed by atoms with E-state index in [1.54, 1.807) is 29.0 Å². The van der Waals surface area contributed by atoms with Gasteiger partial charge in [0.1, 0.15) is 10.3 Å². The zero-order chi connectivity index (χ0) is 19.3. The largest absolute Gasteiger partial charge is 0.350 e. The van der Waals surface area contributed by atoms with Crippen molar-refractivity contribution >= 4 is 54.5 Å². The van der Waals surface area contributed by atoms with E-state index in [2.05, 4.69) is 27.5 Å². The third kappa shape index (κ3) is 2.96. The first kappa shape index (κ1) is 17.9. The number of halogens is 2. The molecule has 0 spiro atoms. The predicted octanol–water partition coefficient (Wildman–Crippen LogP) is 5.78.